The molecule has 0 fully saturated rings. The minimum absolute atomic E-state index is 0.0421. The summed E-state index contributed by atoms with van der Waals surface area (Å²) in [6.07, 6.45) is 2.34. The molecule has 0 spiro atoms. The highest BCUT2D eigenvalue weighted by atomic mass is 32.2. The van der Waals surface area contributed by atoms with Crippen LogP contribution in [0.3, 0.4) is 0 Å². The van der Waals surface area contributed by atoms with Gasteiger partial charge in [0.15, 0.2) is 0 Å². The third kappa shape index (κ3) is 5.74. The number of hydrogen-bond donors (Lipinski definition) is 2. The lowest BCUT2D eigenvalue weighted by molar-refractivity contribution is -0.144. The molecule has 5 nitrogen and oxygen atoms in total. The summed E-state index contributed by atoms with van der Waals surface area (Å²) in [6.45, 7) is 3.63. The number of carboxylic acid groups (broad SMARTS) is 1. The number of nitrogens with one attached hydrogen (secondary N) is 1. The molecule has 0 aromatic carbocycles. The van der Waals surface area contributed by atoms with Crippen molar-refractivity contribution >= 4 is 15.8 Å². The van der Waals surface area contributed by atoms with Crippen LogP contribution in [0.2, 0.25) is 0 Å². The van der Waals surface area contributed by atoms with Gasteiger partial charge in [-0.3, -0.25) is 4.79 Å². The molecule has 1 atom stereocenters. The maximum absolute atomic E-state index is 11.0. The first kappa shape index (κ1) is 14.4. The van der Waals surface area contributed by atoms with E-state index < -0.39 is 21.3 Å². The fourth-order valence-electron chi connectivity index (χ4n) is 1.28. The van der Waals surface area contributed by atoms with Gasteiger partial charge >= 0.3 is 5.97 Å². The smallest absolute Gasteiger partial charge is 0.323 e. The Balaban J connectivity index is 4.26. The zero-order valence-corrected chi connectivity index (χ0v) is 10.2. The Hall–Kier alpha value is -0.620. The third-order valence-corrected chi connectivity index (χ3v) is 3.16. The summed E-state index contributed by atoms with van der Waals surface area (Å²) in [5.74, 6) is -0.989. The second-order valence-corrected chi connectivity index (χ2v) is 6.20. The fourth-order valence-corrected chi connectivity index (χ4v) is 1.76. The van der Waals surface area contributed by atoms with Crippen molar-refractivity contribution in [3.05, 3.63) is 0 Å². The highest BCUT2D eigenvalue weighted by Crippen LogP contribution is 2.12. The van der Waals surface area contributed by atoms with E-state index >= 15 is 0 Å². The van der Waals surface area contributed by atoms with Gasteiger partial charge in [0.05, 0.1) is 5.75 Å². The Morgan fingerprint density at radius 3 is 2.33 bits per heavy atom. The van der Waals surface area contributed by atoms with Gasteiger partial charge < -0.3 is 10.4 Å². The number of aliphatic carboxylic acids is 1. The molecule has 1 unspecified atom stereocenters. The second-order valence-electron chi connectivity index (χ2n) is 3.94. The standard InChI is InChI=1S/C9H19NO4S/c1-4-5-9(2,8(11)12)10-6-7-15(3,13)14/h10H,4-7H2,1-3H3,(H,11,12). The monoisotopic (exact) mass is 237 g/mol. The largest absolute Gasteiger partial charge is 0.480 e. The van der Waals surface area contributed by atoms with Gasteiger partial charge in [-0.1, -0.05) is 13.3 Å². The first-order valence-corrected chi connectivity index (χ1v) is 6.93. The van der Waals surface area contributed by atoms with Crippen LogP contribution in [0.4, 0.5) is 0 Å². The lowest BCUT2D eigenvalue weighted by Gasteiger charge is -2.25. The Morgan fingerprint density at radius 1 is 1.47 bits per heavy atom. The van der Waals surface area contributed by atoms with Gasteiger partial charge in [0.25, 0.3) is 0 Å². The van der Waals surface area contributed by atoms with E-state index in [1.165, 1.54) is 0 Å². The van der Waals surface area contributed by atoms with E-state index in [0.717, 1.165) is 12.7 Å². The normalized spacial score (nSPS) is 15.9. The molecule has 0 rings (SSSR count). The van der Waals surface area contributed by atoms with Gasteiger partial charge in [-0.15, -0.1) is 0 Å². The average Bonchev–Trinajstić information content (AvgIpc) is 2.01. The Labute approximate surface area is 90.8 Å². The van der Waals surface area contributed by atoms with Crippen molar-refractivity contribution in [2.24, 2.45) is 0 Å². The number of carboxylic acids is 1. The molecule has 15 heavy (non-hydrogen) atoms. The summed E-state index contributed by atoms with van der Waals surface area (Å²) in [4.78, 5) is 11.0. The summed E-state index contributed by atoms with van der Waals surface area (Å²) in [7, 11) is -3.04. The van der Waals surface area contributed by atoms with Crippen LogP contribution in [0.1, 0.15) is 26.7 Å². The van der Waals surface area contributed by atoms with Crippen LogP contribution in [-0.4, -0.2) is 43.6 Å². The van der Waals surface area contributed by atoms with Crippen LogP contribution in [0, 0.1) is 0 Å². The maximum Gasteiger partial charge on any atom is 0.323 e. The van der Waals surface area contributed by atoms with Crippen molar-refractivity contribution < 1.29 is 18.3 Å². The number of sulfone groups is 1. The van der Waals surface area contributed by atoms with Crippen molar-refractivity contribution in [1.29, 1.82) is 0 Å². The van der Waals surface area contributed by atoms with E-state index in [0.29, 0.717) is 6.42 Å². The molecular formula is C9H19NO4S. The molecule has 0 saturated carbocycles. The molecule has 0 heterocycles. The summed E-state index contributed by atoms with van der Waals surface area (Å²) in [5.41, 5.74) is -1.03. The molecule has 90 valence electrons. The number of hydrogen-bond acceptors (Lipinski definition) is 4. The molecule has 6 heteroatoms. The minimum atomic E-state index is -3.04. The van der Waals surface area contributed by atoms with E-state index in [-0.39, 0.29) is 12.3 Å². The van der Waals surface area contributed by atoms with Crippen LogP contribution >= 0.6 is 0 Å². The van der Waals surface area contributed by atoms with Crippen LogP contribution < -0.4 is 5.32 Å². The second kappa shape index (κ2) is 5.46. The molecule has 0 aliphatic heterocycles. The van der Waals surface area contributed by atoms with Crippen molar-refractivity contribution in [3.8, 4) is 0 Å². The average molecular weight is 237 g/mol. The zero-order valence-electron chi connectivity index (χ0n) is 9.41. The van der Waals surface area contributed by atoms with E-state index in [9.17, 15) is 13.2 Å². The van der Waals surface area contributed by atoms with Gasteiger partial charge in [0.1, 0.15) is 15.4 Å². The molecule has 0 radical (unpaired) electrons. The van der Waals surface area contributed by atoms with Crippen LogP contribution in [0.25, 0.3) is 0 Å². The molecule has 0 aliphatic carbocycles. The maximum atomic E-state index is 11.0. The van der Waals surface area contributed by atoms with Crippen LogP contribution in [-0.2, 0) is 14.6 Å². The highest BCUT2D eigenvalue weighted by molar-refractivity contribution is 7.90. The zero-order chi connectivity index (χ0) is 12.1. The van der Waals surface area contributed by atoms with Gasteiger partial charge in [0, 0.05) is 12.8 Å². The first-order valence-electron chi connectivity index (χ1n) is 4.87. The summed E-state index contributed by atoms with van der Waals surface area (Å²) in [5, 5.41) is 11.8. The molecule has 0 saturated heterocycles. The van der Waals surface area contributed by atoms with Crippen molar-refractivity contribution in [2.75, 3.05) is 18.6 Å². The molecular weight excluding hydrogens is 218 g/mol. The molecule has 0 aromatic rings. The van der Waals surface area contributed by atoms with Crippen LogP contribution in [0.15, 0.2) is 0 Å². The van der Waals surface area contributed by atoms with Crippen molar-refractivity contribution in [2.45, 2.75) is 32.2 Å². The van der Waals surface area contributed by atoms with Gasteiger partial charge in [-0.05, 0) is 13.3 Å². The van der Waals surface area contributed by atoms with E-state index in [2.05, 4.69) is 5.32 Å². The van der Waals surface area contributed by atoms with Crippen LogP contribution in [0.5, 0.6) is 0 Å². The lowest BCUT2D eigenvalue weighted by Crippen LogP contribution is -2.50. The van der Waals surface area contributed by atoms with E-state index in [1.807, 2.05) is 6.92 Å². The van der Waals surface area contributed by atoms with Crippen molar-refractivity contribution in [1.82, 2.24) is 5.32 Å². The van der Waals surface area contributed by atoms with Gasteiger partial charge in [-0.2, -0.15) is 0 Å². The SMILES string of the molecule is CCCC(C)(NCCS(C)(=O)=O)C(=O)O. The van der Waals surface area contributed by atoms with E-state index in [4.69, 9.17) is 5.11 Å². The quantitative estimate of drug-likeness (QED) is 0.664. The number of carbonyl (C=O) groups is 1. The highest BCUT2D eigenvalue weighted by Gasteiger charge is 2.31. The Kier molecular flexibility index (Phi) is 5.23. The topological polar surface area (TPSA) is 83.5 Å². The predicted octanol–water partition coefficient (Wildman–Crippen LogP) is 0.264. The third-order valence-electron chi connectivity index (χ3n) is 2.21. The molecule has 0 aliphatic rings. The fraction of sp³-hybridized carbons (Fsp3) is 0.889. The molecule has 0 amide bonds. The van der Waals surface area contributed by atoms with Gasteiger partial charge in [0.2, 0.25) is 0 Å². The Morgan fingerprint density at radius 2 is 2.00 bits per heavy atom. The lowest BCUT2D eigenvalue weighted by atomic mass is 9.96. The number of rotatable bonds is 7. The summed E-state index contributed by atoms with van der Waals surface area (Å²) in [6, 6.07) is 0. The molecule has 0 aromatic heterocycles. The summed E-state index contributed by atoms with van der Waals surface area (Å²) < 4.78 is 21.7. The van der Waals surface area contributed by atoms with Crippen molar-refractivity contribution in [3.63, 3.8) is 0 Å². The molecule has 2 N–H and O–H groups in total. The minimum Gasteiger partial charge on any atom is -0.480 e. The van der Waals surface area contributed by atoms with Gasteiger partial charge in [-0.25, -0.2) is 8.42 Å². The Bertz CT molecular complexity index is 312. The van der Waals surface area contributed by atoms with E-state index in [1.54, 1.807) is 6.92 Å². The first-order chi connectivity index (χ1) is 6.71. The predicted molar refractivity (Wildman–Crippen MR) is 58.7 cm³/mol. The molecule has 0 bridgehead atoms. The summed E-state index contributed by atoms with van der Waals surface area (Å²) >= 11 is 0.